The predicted octanol–water partition coefficient (Wildman–Crippen LogP) is 3.01. The van der Waals surface area contributed by atoms with Gasteiger partial charge in [0.05, 0.1) is 12.5 Å². The predicted molar refractivity (Wildman–Crippen MR) is 108 cm³/mol. The standard InChI is InChI=1S/C19H23F3N4O3S2/c1-13(12-26-15(14-4-5-14)11-16(23-26)19(20,21)22)18(27)24-6-8-25(9-7-24)31(28,29)17-3-2-10-30-17/h2-3,10-11,13-14H,4-9,12H2,1H3. The van der Waals surface area contributed by atoms with Crippen LogP contribution in [0.3, 0.4) is 0 Å². The summed E-state index contributed by atoms with van der Waals surface area (Å²) >= 11 is 1.15. The van der Waals surface area contributed by atoms with Crippen LogP contribution in [0.25, 0.3) is 0 Å². The zero-order valence-electron chi connectivity index (χ0n) is 16.9. The lowest BCUT2D eigenvalue weighted by molar-refractivity contribution is -0.141. The first-order chi connectivity index (χ1) is 14.6. The van der Waals surface area contributed by atoms with Crippen LogP contribution in [0.5, 0.6) is 0 Å². The summed E-state index contributed by atoms with van der Waals surface area (Å²) in [6.45, 7) is 2.60. The van der Waals surface area contributed by atoms with Gasteiger partial charge >= 0.3 is 6.18 Å². The molecule has 31 heavy (non-hydrogen) atoms. The Labute approximate surface area is 182 Å². The molecule has 1 saturated heterocycles. The number of alkyl halides is 3. The largest absolute Gasteiger partial charge is 0.435 e. The SMILES string of the molecule is CC(Cn1nc(C(F)(F)F)cc1C1CC1)C(=O)N1CCN(S(=O)(=O)c2cccs2)CC1. The Kier molecular flexibility index (Phi) is 5.90. The monoisotopic (exact) mass is 476 g/mol. The van der Waals surface area contributed by atoms with E-state index in [0.29, 0.717) is 5.69 Å². The van der Waals surface area contributed by atoms with Gasteiger partial charge in [-0.2, -0.15) is 22.6 Å². The number of nitrogens with zero attached hydrogens (tertiary/aromatic N) is 4. The summed E-state index contributed by atoms with van der Waals surface area (Å²) in [5.74, 6) is -0.713. The Hall–Kier alpha value is -1.92. The topological polar surface area (TPSA) is 75.5 Å². The maximum Gasteiger partial charge on any atom is 0.435 e. The fourth-order valence-electron chi connectivity index (χ4n) is 3.76. The molecular formula is C19H23F3N4O3S2. The fourth-order valence-corrected chi connectivity index (χ4v) is 6.33. The first-order valence-electron chi connectivity index (χ1n) is 10.0. The Morgan fingerprint density at radius 1 is 1.26 bits per heavy atom. The number of hydrogen-bond acceptors (Lipinski definition) is 5. The molecule has 1 aliphatic carbocycles. The van der Waals surface area contributed by atoms with E-state index < -0.39 is 27.8 Å². The summed E-state index contributed by atoms with van der Waals surface area (Å²) in [5, 5.41) is 5.42. The van der Waals surface area contributed by atoms with Gasteiger partial charge in [-0.25, -0.2) is 8.42 Å². The van der Waals surface area contributed by atoms with Crippen molar-refractivity contribution in [3.63, 3.8) is 0 Å². The van der Waals surface area contributed by atoms with Crippen molar-refractivity contribution in [3.05, 3.63) is 35.0 Å². The van der Waals surface area contributed by atoms with Gasteiger partial charge in [0.25, 0.3) is 10.0 Å². The van der Waals surface area contributed by atoms with Crippen molar-refractivity contribution in [2.45, 2.75) is 42.6 Å². The Morgan fingerprint density at radius 2 is 1.94 bits per heavy atom. The number of thiophene rings is 1. The minimum Gasteiger partial charge on any atom is -0.340 e. The highest BCUT2D eigenvalue weighted by atomic mass is 32.2. The summed E-state index contributed by atoms with van der Waals surface area (Å²) in [6, 6.07) is 4.31. The van der Waals surface area contributed by atoms with Crippen LogP contribution in [0.15, 0.2) is 27.8 Å². The molecule has 1 saturated carbocycles. The van der Waals surface area contributed by atoms with Gasteiger partial charge in [0.1, 0.15) is 4.21 Å². The van der Waals surface area contributed by atoms with E-state index in [-0.39, 0.29) is 48.8 Å². The number of aromatic nitrogens is 2. The first kappa shape index (κ1) is 22.3. The van der Waals surface area contributed by atoms with Gasteiger partial charge < -0.3 is 4.90 Å². The fraction of sp³-hybridized carbons (Fsp3) is 0.579. The summed E-state index contributed by atoms with van der Waals surface area (Å²) in [6.07, 6.45) is -2.87. The van der Waals surface area contributed by atoms with Crippen LogP contribution in [-0.4, -0.2) is 59.5 Å². The van der Waals surface area contributed by atoms with Crippen molar-refractivity contribution in [1.82, 2.24) is 19.0 Å². The lowest BCUT2D eigenvalue weighted by Crippen LogP contribution is -2.51. The molecule has 7 nitrogen and oxygen atoms in total. The van der Waals surface area contributed by atoms with E-state index in [4.69, 9.17) is 0 Å². The Bertz CT molecular complexity index is 1040. The van der Waals surface area contributed by atoms with Gasteiger partial charge in [-0.3, -0.25) is 9.48 Å². The van der Waals surface area contributed by atoms with E-state index in [9.17, 15) is 26.4 Å². The highest BCUT2D eigenvalue weighted by Gasteiger charge is 2.38. The molecule has 0 radical (unpaired) electrons. The second kappa shape index (κ2) is 8.21. The average molecular weight is 477 g/mol. The highest BCUT2D eigenvalue weighted by Crippen LogP contribution is 2.42. The second-order valence-electron chi connectivity index (χ2n) is 7.97. The van der Waals surface area contributed by atoms with E-state index in [1.807, 2.05) is 0 Å². The number of carbonyl (C=O) groups excluding carboxylic acids is 1. The molecule has 12 heteroatoms. The Balaban J connectivity index is 1.39. The zero-order valence-corrected chi connectivity index (χ0v) is 18.5. The van der Waals surface area contributed by atoms with Crippen LogP contribution < -0.4 is 0 Å². The van der Waals surface area contributed by atoms with Crippen LogP contribution >= 0.6 is 11.3 Å². The summed E-state index contributed by atoms with van der Waals surface area (Å²) < 4.78 is 67.4. The number of carbonyl (C=O) groups is 1. The van der Waals surface area contributed by atoms with Crippen molar-refractivity contribution >= 4 is 27.3 Å². The number of halogens is 3. The van der Waals surface area contributed by atoms with Gasteiger partial charge in [0.15, 0.2) is 5.69 Å². The molecule has 0 N–H and O–H groups in total. The van der Waals surface area contributed by atoms with E-state index in [2.05, 4.69) is 5.10 Å². The minimum atomic E-state index is -4.52. The number of sulfonamides is 1. The third-order valence-electron chi connectivity index (χ3n) is 5.61. The average Bonchev–Trinajstić information content (AvgIpc) is 3.23. The summed E-state index contributed by atoms with van der Waals surface area (Å²) in [5.41, 5.74) is -0.403. The van der Waals surface area contributed by atoms with E-state index in [1.165, 1.54) is 8.99 Å². The quantitative estimate of drug-likeness (QED) is 0.643. The van der Waals surface area contributed by atoms with Gasteiger partial charge in [0, 0.05) is 37.8 Å². The number of rotatable bonds is 6. The molecule has 2 aromatic heterocycles. The number of amides is 1. The van der Waals surface area contributed by atoms with Gasteiger partial charge in [-0.1, -0.05) is 13.0 Å². The van der Waals surface area contributed by atoms with Gasteiger partial charge in [0.2, 0.25) is 5.91 Å². The molecule has 1 unspecified atom stereocenters. The van der Waals surface area contributed by atoms with Crippen LogP contribution in [0.2, 0.25) is 0 Å². The first-order valence-corrected chi connectivity index (χ1v) is 12.4. The van der Waals surface area contributed by atoms with Crippen LogP contribution in [0.1, 0.15) is 37.1 Å². The van der Waals surface area contributed by atoms with Gasteiger partial charge in [-0.15, -0.1) is 11.3 Å². The molecule has 1 aliphatic heterocycles. The molecule has 0 bridgehead atoms. The summed E-state index contributed by atoms with van der Waals surface area (Å²) in [4.78, 5) is 14.5. The lowest BCUT2D eigenvalue weighted by atomic mass is 10.1. The number of piperazine rings is 1. The maximum atomic E-state index is 13.1. The molecule has 3 heterocycles. The van der Waals surface area contributed by atoms with Gasteiger partial charge in [-0.05, 0) is 30.4 Å². The van der Waals surface area contributed by atoms with E-state index in [0.717, 1.165) is 30.2 Å². The molecule has 0 aromatic carbocycles. The third-order valence-corrected chi connectivity index (χ3v) is 8.88. The number of hydrogen-bond donors (Lipinski definition) is 0. The molecule has 1 amide bonds. The summed E-state index contributed by atoms with van der Waals surface area (Å²) in [7, 11) is -3.56. The van der Waals surface area contributed by atoms with Crippen molar-refractivity contribution < 1.29 is 26.4 Å². The molecule has 4 rings (SSSR count). The van der Waals surface area contributed by atoms with Crippen molar-refractivity contribution in [1.29, 1.82) is 0 Å². The molecule has 2 aliphatic rings. The molecule has 1 atom stereocenters. The van der Waals surface area contributed by atoms with Crippen LogP contribution in [-0.2, 0) is 27.5 Å². The molecule has 170 valence electrons. The minimum absolute atomic E-state index is 0.0639. The molecule has 2 aromatic rings. The van der Waals surface area contributed by atoms with E-state index in [1.54, 1.807) is 29.3 Å². The van der Waals surface area contributed by atoms with Crippen LogP contribution in [0.4, 0.5) is 13.2 Å². The lowest BCUT2D eigenvalue weighted by Gasteiger charge is -2.35. The normalized spacial score (nSPS) is 19.5. The zero-order chi connectivity index (χ0) is 22.4. The van der Waals surface area contributed by atoms with E-state index >= 15 is 0 Å². The maximum absolute atomic E-state index is 13.1. The molecule has 0 spiro atoms. The Morgan fingerprint density at radius 3 is 2.48 bits per heavy atom. The second-order valence-corrected chi connectivity index (χ2v) is 11.1. The molecule has 2 fully saturated rings. The third kappa shape index (κ3) is 4.65. The van der Waals surface area contributed by atoms with Crippen molar-refractivity contribution in [3.8, 4) is 0 Å². The highest BCUT2D eigenvalue weighted by molar-refractivity contribution is 7.91. The van der Waals surface area contributed by atoms with Crippen molar-refractivity contribution in [2.24, 2.45) is 5.92 Å². The smallest absolute Gasteiger partial charge is 0.340 e. The van der Waals surface area contributed by atoms with Crippen LogP contribution in [0, 0.1) is 5.92 Å². The molecular weight excluding hydrogens is 453 g/mol. The van der Waals surface area contributed by atoms with Crippen molar-refractivity contribution in [2.75, 3.05) is 26.2 Å².